The van der Waals surface area contributed by atoms with Crippen molar-refractivity contribution in [3.8, 4) is 50.2 Å². The summed E-state index contributed by atoms with van der Waals surface area (Å²) in [5.74, 6) is 0. The SMILES string of the molecule is C\C=C/C=C\C(=C\C(C)(c1ccccc1)c1ccccc1)c1ccc(-c2c3ccccc3c(-c3ccc(-n4c5ccccc5c5cc(-c6cccc(-c7ccccc7)c6)ccc54)cc3)c3ccccc23)cc1. The van der Waals surface area contributed by atoms with Crippen LogP contribution in [0.5, 0.6) is 0 Å². The molecule has 0 unspecified atom stereocenters. The summed E-state index contributed by atoms with van der Waals surface area (Å²) >= 11 is 0. The molecule has 342 valence electrons. The van der Waals surface area contributed by atoms with Crippen molar-refractivity contribution in [1.82, 2.24) is 4.57 Å². The van der Waals surface area contributed by atoms with Crippen LogP contribution < -0.4 is 0 Å². The van der Waals surface area contributed by atoms with Crippen LogP contribution in [0.3, 0.4) is 0 Å². The standard InChI is InChI=1S/C71H53N/c1-3-4-8-24-57(49-71(2,58-27-11-6-12-28-58)59-29-13-7-14-30-59)51-37-39-52(40-38-51)69-62-32-15-17-34-64(62)70(65-35-18-16-33-63(65)69)53-41-44-60(45-42-53)72-67-36-20-19-31-61(67)66-48-56(43-46-68(66)72)55-26-21-25-54(47-55)50-22-9-5-10-23-50/h3-49H,1-2H3/b4-3-,24-8-,57-49-. The van der Waals surface area contributed by atoms with Crippen LogP contribution in [0.2, 0.25) is 0 Å². The summed E-state index contributed by atoms with van der Waals surface area (Å²) in [6.45, 7) is 4.39. The number of benzene rings is 11. The summed E-state index contributed by atoms with van der Waals surface area (Å²) in [6, 6.07) is 93.3. The lowest BCUT2D eigenvalue weighted by Crippen LogP contribution is -2.21. The highest BCUT2D eigenvalue weighted by molar-refractivity contribution is 6.21. The van der Waals surface area contributed by atoms with E-state index in [2.05, 4.69) is 304 Å². The first-order chi connectivity index (χ1) is 35.6. The minimum atomic E-state index is -0.360. The van der Waals surface area contributed by atoms with Crippen molar-refractivity contribution in [2.75, 3.05) is 0 Å². The largest absolute Gasteiger partial charge is 0.309 e. The van der Waals surface area contributed by atoms with E-state index in [-0.39, 0.29) is 5.41 Å². The Morgan fingerprint density at radius 3 is 1.38 bits per heavy atom. The molecule has 1 heteroatoms. The third kappa shape index (κ3) is 8.05. The number of fused-ring (bicyclic) bond motifs is 5. The van der Waals surface area contributed by atoms with Gasteiger partial charge in [0.15, 0.2) is 0 Å². The fourth-order valence-electron chi connectivity index (χ4n) is 11.0. The molecule has 0 bridgehead atoms. The number of aromatic nitrogens is 1. The van der Waals surface area contributed by atoms with Crippen LogP contribution in [-0.2, 0) is 5.41 Å². The van der Waals surface area contributed by atoms with Crippen molar-refractivity contribution in [3.63, 3.8) is 0 Å². The van der Waals surface area contributed by atoms with E-state index in [0.29, 0.717) is 0 Å². The molecule has 0 fully saturated rings. The first kappa shape index (κ1) is 44.2. The van der Waals surface area contributed by atoms with Crippen LogP contribution >= 0.6 is 0 Å². The van der Waals surface area contributed by atoms with Gasteiger partial charge in [-0.2, -0.15) is 0 Å². The van der Waals surface area contributed by atoms with Crippen LogP contribution in [0, 0.1) is 0 Å². The predicted molar refractivity (Wildman–Crippen MR) is 309 cm³/mol. The first-order valence-corrected chi connectivity index (χ1v) is 25.0. The van der Waals surface area contributed by atoms with E-state index in [9.17, 15) is 0 Å². The normalized spacial score (nSPS) is 12.3. The highest BCUT2D eigenvalue weighted by Gasteiger charge is 2.27. The highest BCUT2D eigenvalue weighted by Crippen LogP contribution is 2.45. The molecule has 0 radical (unpaired) electrons. The molecule has 0 amide bonds. The molecule has 12 rings (SSSR count). The average Bonchev–Trinajstić information content (AvgIpc) is 3.79. The molecule has 11 aromatic carbocycles. The Bertz CT molecular complexity index is 3910. The van der Waals surface area contributed by atoms with Crippen molar-refractivity contribution in [2.45, 2.75) is 19.3 Å². The van der Waals surface area contributed by atoms with Gasteiger partial charge in [-0.05, 0) is 139 Å². The number of allylic oxidation sites excluding steroid dienone is 6. The molecule has 12 aromatic rings. The van der Waals surface area contributed by atoms with E-state index in [0.717, 1.165) is 5.69 Å². The van der Waals surface area contributed by atoms with Gasteiger partial charge in [0.1, 0.15) is 0 Å². The van der Waals surface area contributed by atoms with Crippen molar-refractivity contribution in [3.05, 3.63) is 302 Å². The number of para-hydroxylation sites is 1. The molecule has 1 heterocycles. The zero-order valence-corrected chi connectivity index (χ0v) is 40.6. The van der Waals surface area contributed by atoms with Gasteiger partial charge in [0.25, 0.3) is 0 Å². The third-order valence-corrected chi connectivity index (χ3v) is 14.6. The quantitative estimate of drug-likeness (QED) is 0.0900. The topological polar surface area (TPSA) is 4.93 Å². The predicted octanol–water partition coefficient (Wildman–Crippen LogP) is 19.3. The van der Waals surface area contributed by atoms with Crippen LogP contribution in [-0.4, -0.2) is 4.57 Å². The lowest BCUT2D eigenvalue weighted by atomic mass is 9.74. The first-order valence-electron chi connectivity index (χ1n) is 25.0. The van der Waals surface area contributed by atoms with Crippen molar-refractivity contribution in [1.29, 1.82) is 0 Å². The van der Waals surface area contributed by atoms with Gasteiger partial charge in [-0.3, -0.25) is 0 Å². The number of rotatable bonds is 11. The molecule has 0 saturated heterocycles. The Hall–Kier alpha value is -9.04. The molecule has 0 atom stereocenters. The summed E-state index contributed by atoms with van der Waals surface area (Å²) in [4.78, 5) is 0. The fraction of sp³-hybridized carbons (Fsp3) is 0.0423. The third-order valence-electron chi connectivity index (χ3n) is 14.6. The molecule has 0 spiro atoms. The maximum Gasteiger partial charge on any atom is 0.0541 e. The van der Waals surface area contributed by atoms with E-state index >= 15 is 0 Å². The highest BCUT2D eigenvalue weighted by atomic mass is 15.0. The van der Waals surface area contributed by atoms with Crippen LogP contribution in [0.25, 0.3) is 99.1 Å². The Labute approximate surface area is 422 Å². The Balaban J connectivity index is 0.934. The van der Waals surface area contributed by atoms with Gasteiger partial charge in [-0.25, -0.2) is 0 Å². The van der Waals surface area contributed by atoms with Gasteiger partial charge < -0.3 is 4.57 Å². The van der Waals surface area contributed by atoms with Crippen molar-refractivity contribution < 1.29 is 0 Å². The summed E-state index contributed by atoms with van der Waals surface area (Å²) in [5, 5.41) is 7.43. The molecule has 0 saturated carbocycles. The van der Waals surface area contributed by atoms with Gasteiger partial charge in [0, 0.05) is 21.9 Å². The minimum absolute atomic E-state index is 0.360. The van der Waals surface area contributed by atoms with Crippen LogP contribution in [0.1, 0.15) is 30.5 Å². The van der Waals surface area contributed by atoms with E-state index in [1.165, 1.54) is 110 Å². The maximum atomic E-state index is 2.43. The number of hydrogen-bond donors (Lipinski definition) is 0. The zero-order valence-electron chi connectivity index (χ0n) is 40.6. The summed E-state index contributed by atoms with van der Waals surface area (Å²) in [5.41, 5.74) is 17.7. The van der Waals surface area contributed by atoms with Gasteiger partial charge in [-0.1, -0.05) is 249 Å². The molecule has 0 N–H and O–H groups in total. The second-order valence-corrected chi connectivity index (χ2v) is 18.9. The zero-order chi connectivity index (χ0) is 48.4. The van der Waals surface area contributed by atoms with Crippen molar-refractivity contribution >= 4 is 48.9 Å². The summed E-state index contributed by atoms with van der Waals surface area (Å²) in [6.07, 6.45) is 11.0. The fourth-order valence-corrected chi connectivity index (χ4v) is 11.0. The monoisotopic (exact) mass is 919 g/mol. The summed E-state index contributed by atoms with van der Waals surface area (Å²) in [7, 11) is 0. The van der Waals surface area contributed by atoms with E-state index in [4.69, 9.17) is 0 Å². The molecule has 0 aliphatic carbocycles. The Morgan fingerprint density at radius 2 is 0.806 bits per heavy atom. The second-order valence-electron chi connectivity index (χ2n) is 18.9. The Kier molecular flexibility index (Phi) is 11.7. The lowest BCUT2D eigenvalue weighted by Gasteiger charge is -2.29. The van der Waals surface area contributed by atoms with Crippen molar-refractivity contribution in [2.24, 2.45) is 0 Å². The van der Waals surface area contributed by atoms with Crippen LogP contribution in [0.4, 0.5) is 0 Å². The number of nitrogens with zero attached hydrogens (tertiary/aromatic N) is 1. The summed E-state index contributed by atoms with van der Waals surface area (Å²) < 4.78 is 2.42. The molecule has 0 aliphatic rings. The molecule has 72 heavy (non-hydrogen) atoms. The molecule has 1 nitrogen and oxygen atoms in total. The lowest BCUT2D eigenvalue weighted by molar-refractivity contribution is 0.726. The van der Waals surface area contributed by atoms with E-state index < -0.39 is 0 Å². The van der Waals surface area contributed by atoms with E-state index in [1.54, 1.807) is 0 Å². The van der Waals surface area contributed by atoms with Gasteiger partial charge in [0.2, 0.25) is 0 Å². The molecular weight excluding hydrogens is 867 g/mol. The Morgan fingerprint density at radius 1 is 0.361 bits per heavy atom. The van der Waals surface area contributed by atoms with E-state index in [1.807, 2.05) is 0 Å². The van der Waals surface area contributed by atoms with Gasteiger partial charge in [-0.15, -0.1) is 0 Å². The van der Waals surface area contributed by atoms with Gasteiger partial charge in [0.05, 0.1) is 11.0 Å². The van der Waals surface area contributed by atoms with Crippen LogP contribution in [0.15, 0.2) is 285 Å². The van der Waals surface area contributed by atoms with Gasteiger partial charge >= 0.3 is 0 Å². The minimum Gasteiger partial charge on any atom is -0.309 e. The molecule has 0 aliphatic heterocycles. The average molecular weight is 920 g/mol. The smallest absolute Gasteiger partial charge is 0.0541 e. The second kappa shape index (κ2) is 19.0. The number of hydrogen-bond acceptors (Lipinski definition) is 0. The maximum absolute atomic E-state index is 2.43. The molecule has 1 aromatic heterocycles. The molecular formula is C71H53N.